The Labute approximate surface area is 129 Å². The molecule has 3 rings (SSSR count). The van der Waals surface area contributed by atoms with E-state index in [1.807, 2.05) is 34.9 Å². The monoisotopic (exact) mass is 304 g/mol. The van der Waals surface area contributed by atoms with Crippen molar-refractivity contribution in [3.05, 3.63) is 35.9 Å². The van der Waals surface area contributed by atoms with Crippen molar-refractivity contribution >= 4 is 23.6 Å². The molecule has 2 fully saturated rings. The van der Waals surface area contributed by atoms with Crippen molar-refractivity contribution in [1.82, 2.24) is 10.2 Å². The highest BCUT2D eigenvalue weighted by Gasteiger charge is 2.31. The summed E-state index contributed by atoms with van der Waals surface area (Å²) >= 11 is 1.92. The Morgan fingerprint density at radius 1 is 1.29 bits per heavy atom. The molecule has 2 aliphatic heterocycles. The molecule has 1 aromatic rings. The summed E-state index contributed by atoms with van der Waals surface area (Å²) in [5, 5.41) is 3.17. The molecule has 21 heavy (non-hydrogen) atoms. The van der Waals surface area contributed by atoms with Crippen LogP contribution in [-0.2, 0) is 9.59 Å². The Bertz CT molecular complexity index is 510. The number of amides is 2. The first-order valence-corrected chi connectivity index (χ1v) is 8.51. The lowest BCUT2D eigenvalue weighted by atomic mass is 9.97. The third kappa shape index (κ3) is 3.40. The number of carbonyl (C=O) groups excluding carboxylic acids is 2. The molecule has 0 saturated carbocycles. The van der Waals surface area contributed by atoms with E-state index < -0.39 is 0 Å². The van der Waals surface area contributed by atoms with Gasteiger partial charge in [0.1, 0.15) is 0 Å². The highest BCUT2D eigenvalue weighted by atomic mass is 32.2. The summed E-state index contributed by atoms with van der Waals surface area (Å²) in [7, 11) is 0. The highest BCUT2D eigenvalue weighted by molar-refractivity contribution is 7.99. The number of piperidine rings is 1. The number of hydrogen-bond donors (Lipinski definition) is 1. The fourth-order valence-corrected chi connectivity index (χ4v) is 4.17. The van der Waals surface area contributed by atoms with Gasteiger partial charge in [0, 0.05) is 37.1 Å². The predicted octanol–water partition coefficient (Wildman–Crippen LogP) is 1.83. The molecule has 4 nitrogen and oxygen atoms in total. The maximum atomic E-state index is 12.6. The number of nitrogens with one attached hydrogen (secondary N) is 1. The van der Waals surface area contributed by atoms with E-state index in [1.54, 1.807) is 0 Å². The molecular weight excluding hydrogens is 284 g/mol. The molecule has 0 spiro atoms. The van der Waals surface area contributed by atoms with Gasteiger partial charge in [-0.25, -0.2) is 0 Å². The molecule has 0 bridgehead atoms. The van der Waals surface area contributed by atoms with Gasteiger partial charge in [0.25, 0.3) is 0 Å². The molecule has 2 heterocycles. The Hall–Kier alpha value is -1.49. The molecule has 2 atom stereocenters. The number of hydrogen-bond acceptors (Lipinski definition) is 3. The molecule has 2 amide bonds. The molecule has 0 aliphatic carbocycles. The third-order valence-electron chi connectivity index (χ3n) is 4.16. The second-order valence-corrected chi connectivity index (χ2v) is 6.90. The number of rotatable bonds is 2. The van der Waals surface area contributed by atoms with Gasteiger partial charge in [0.05, 0.1) is 5.92 Å². The van der Waals surface area contributed by atoms with E-state index in [1.165, 1.54) is 5.56 Å². The number of thioether (sulfide) groups is 1. The quantitative estimate of drug-likeness (QED) is 0.907. The lowest BCUT2D eigenvalue weighted by Gasteiger charge is -2.35. The number of carbonyl (C=O) groups is 2. The molecule has 2 aliphatic rings. The van der Waals surface area contributed by atoms with Crippen molar-refractivity contribution in [2.75, 3.05) is 25.4 Å². The van der Waals surface area contributed by atoms with Gasteiger partial charge in [0.15, 0.2) is 0 Å². The summed E-state index contributed by atoms with van der Waals surface area (Å²) in [6.07, 6.45) is 1.16. The van der Waals surface area contributed by atoms with Crippen LogP contribution in [0.1, 0.15) is 23.7 Å². The van der Waals surface area contributed by atoms with Gasteiger partial charge in [-0.1, -0.05) is 30.3 Å². The van der Waals surface area contributed by atoms with Crippen molar-refractivity contribution in [1.29, 1.82) is 0 Å². The van der Waals surface area contributed by atoms with Crippen LogP contribution in [0.3, 0.4) is 0 Å². The van der Waals surface area contributed by atoms with Crippen molar-refractivity contribution in [3.8, 4) is 0 Å². The average molecular weight is 304 g/mol. The van der Waals surface area contributed by atoms with Gasteiger partial charge in [-0.3, -0.25) is 9.59 Å². The Balaban J connectivity index is 1.63. The first kappa shape index (κ1) is 14.4. The first-order chi connectivity index (χ1) is 10.2. The summed E-state index contributed by atoms with van der Waals surface area (Å²) in [5.41, 5.74) is 1.29. The molecule has 1 aromatic carbocycles. The Morgan fingerprint density at radius 2 is 2.10 bits per heavy atom. The normalized spacial score (nSPS) is 26.3. The van der Waals surface area contributed by atoms with Gasteiger partial charge in [-0.2, -0.15) is 11.8 Å². The van der Waals surface area contributed by atoms with Gasteiger partial charge >= 0.3 is 0 Å². The second-order valence-electron chi connectivity index (χ2n) is 5.59. The van der Waals surface area contributed by atoms with Crippen LogP contribution in [-0.4, -0.2) is 42.1 Å². The predicted molar refractivity (Wildman–Crippen MR) is 84.0 cm³/mol. The number of benzene rings is 1. The Kier molecular flexibility index (Phi) is 4.48. The summed E-state index contributed by atoms with van der Waals surface area (Å²) in [5.74, 6) is 1.21. The van der Waals surface area contributed by atoms with Crippen LogP contribution >= 0.6 is 11.8 Å². The van der Waals surface area contributed by atoms with Crippen molar-refractivity contribution in [3.63, 3.8) is 0 Å². The topological polar surface area (TPSA) is 49.4 Å². The molecule has 2 saturated heterocycles. The molecule has 0 radical (unpaired) electrons. The SMILES string of the molecule is O=C1CC[C@H](C(=O)N2CCS[C@@H](c3ccccc3)C2)CN1. The first-order valence-electron chi connectivity index (χ1n) is 7.46. The largest absolute Gasteiger partial charge is 0.355 e. The van der Waals surface area contributed by atoms with Gasteiger partial charge < -0.3 is 10.2 Å². The van der Waals surface area contributed by atoms with Crippen molar-refractivity contribution in [2.24, 2.45) is 5.92 Å². The zero-order valence-electron chi connectivity index (χ0n) is 12.0. The van der Waals surface area contributed by atoms with Crippen LogP contribution < -0.4 is 5.32 Å². The van der Waals surface area contributed by atoms with Crippen molar-refractivity contribution in [2.45, 2.75) is 18.1 Å². The van der Waals surface area contributed by atoms with Gasteiger partial charge in [-0.05, 0) is 12.0 Å². The second kappa shape index (κ2) is 6.52. The van der Waals surface area contributed by atoms with Gasteiger partial charge in [-0.15, -0.1) is 0 Å². The molecule has 5 heteroatoms. The maximum Gasteiger partial charge on any atom is 0.227 e. The summed E-state index contributed by atoms with van der Waals surface area (Å²) in [6.45, 7) is 2.09. The van der Waals surface area contributed by atoms with Crippen LogP contribution in [0.5, 0.6) is 0 Å². The zero-order chi connectivity index (χ0) is 14.7. The molecule has 1 N–H and O–H groups in total. The van der Waals surface area contributed by atoms with E-state index in [-0.39, 0.29) is 17.7 Å². The maximum absolute atomic E-state index is 12.6. The summed E-state index contributed by atoms with van der Waals surface area (Å²) in [6, 6.07) is 10.4. The zero-order valence-corrected chi connectivity index (χ0v) is 12.8. The Morgan fingerprint density at radius 3 is 2.81 bits per heavy atom. The summed E-state index contributed by atoms with van der Waals surface area (Å²) < 4.78 is 0. The van der Waals surface area contributed by atoms with E-state index in [0.717, 1.165) is 18.8 Å². The van der Waals surface area contributed by atoms with E-state index in [4.69, 9.17) is 0 Å². The lowest BCUT2D eigenvalue weighted by molar-refractivity contribution is -0.137. The highest BCUT2D eigenvalue weighted by Crippen LogP contribution is 2.33. The minimum atomic E-state index is -0.0396. The van der Waals surface area contributed by atoms with Crippen LogP contribution in [0.2, 0.25) is 0 Å². The molecule has 112 valence electrons. The van der Waals surface area contributed by atoms with E-state index in [9.17, 15) is 9.59 Å². The minimum absolute atomic E-state index is 0.0396. The standard InChI is InChI=1S/C16H20N2O2S/c19-15-7-6-13(10-17-15)16(20)18-8-9-21-14(11-18)12-4-2-1-3-5-12/h1-5,13-14H,6-11H2,(H,17,19)/t13-,14+/m0/s1. The third-order valence-corrected chi connectivity index (χ3v) is 5.41. The average Bonchev–Trinajstić information content (AvgIpc) is 2.56. The fourth-order valence-electron chi connectivity index (χ4n) is 2.92. The van der Waals surface area contributed by atoms with E-state index >= 15 is 0 Å². The van der Waals surface area contributed by atoms with Gasteiger partial charge in [0.2, 0.25) is 11.8 Å². The smallest absolute Gasteiger partial charge is 0.227 e. The molecule has 0 aromatic heterocycles. The van der Waals surface area contributed by atoms with E-state index in [0.29, 0.717) is 24.6 Å². The van der Waals surface area contributed by atoms with Crippen molar-refractivity contribution < 1.29 is 9.59 Å². The molecular formula is C16H20N2O2S. The van der Waals surface area contributed by atoms with E-state index in [2.05, 4.69) is 17.4 Å². The number of nitrogens with zero attached hydrogens (tertiary/aromatic N) is 1. The molecule has 0 unspecified atom stereocenters. The van der Waals surface area contributed by atoms with Crippen LogP contribution in [0.4, 0.5) is 0 Å². The fraction of sp³-hybridized carbons (Fsp3) is 0.500. The lowest BCUT2D eigenvalue weighted by Crippen LogP contribution is -2.47. The summed E-state index contributed by atoms with van der Waals surface area (Å²) in [4.78, 5) is 25.8. The van der Waals surface area contributed by atoms with Crippen LogP contribution in [0.25, 0.3) is 0 Å². The van der Waals surface area contributed by atoms with Crippen LogP contribution in [0.15, 0.2) is 30.3 Å². The van der Waals surface area contributed by atoms with Crippen LogP contribution in [0, 0.1) is 5.92 Å². The minimum Gasteiger partial charge on any atom is -0.355 e.